The van der Waals surface area contributed by atoms with Gasteiger partial charge in [-0.05, 0) is 57.9 Å². The molecule has 5 nitrogen and oxygen atoms in total. The molecule has 4 N–H and O–H groups in total. The number of rotatable bonds is 4. The van der Waals surface area contributed by atoms with Crippen molar-refractivity contribution in [1.82, 2.24) is 0 Å². The predicted molar refractivity (Wildman–Crippen MR) is 80.9 cm³/mol. The van der Waals surface area contributed by atoms with E-state index in [1.54, 1.807) is 30.3 Å². The summed E-state index contributed by atoms with van der Waals surface area (Å²) in [6.45, 7) is 0.549. The van der Waals surface area contributed by atoms with Crippen molar-refractivity contribution in [2.24, 2.45) is 5.14 Å². The zero-order valence-corrected chi connectivity index (χ0v) is 12.8. The van der Waals surface area contributed by atoms with E-state index in [9.17, 15) is 13.5 Å². The largest absolute Gasteiger partial charge is 0.507 e. The molecule has 0 aliphatic carbocycles. The lowest BCUT2D eigenvalue weighted by atomic mass is 10.2. The standard InChI is InChI=1S/C13H13BrN2O3S/c14-12-7-9(1-6-13(12)17)8-16-10-2-4-11(5-3-10)20(15,18)19/h1-7,16-17H,8H2,(H2,15,18,19). The first-order valence-corrected chi connectivity index (χ1v) is 8.04. The molecule has 0 saturated heterocycles. The molecule has 0 unspecified atom stereocenters. The summed E-state index contributed by atoms with van der Waals surface area (Å²) in [5.74, 6) is 0.186. The van der Waals surface area contributed by atoms with Gasteiger partial charge in [-0.15, -0.1) is 0 Å². The Morgan fingerprint density at radius 2 is 1.80 bits per heavy atom. The Hall–Kier alpha value is -1.57. The fourth-order valence-electron chi connectivity index (χ4n) is 1.63. The molecule has 0 amide bonds. The zero-order chi connectivity index (χ0) is 14.8. The number of benzene rings is 2. The number of nitrogens with one attached hydrogen (secondary N) is 1. The average molecular weight is 357 g/mol. The molecule has 0 bridgehead atoms. The minimum atomic E-state index is -3.66. The van der Waals surface area contributed by atoms with Crippen LogP contribution in [0.3, 0.4) is 0 Å². The summed E-state index contributed by atoms with van der Waals surface area (Å²) in [6.07, 6.45) is 0. The van der Waals surface area contributed by atoms with Crippen LogP contribution >= 0.6 is 15.9 Å². The van der Waals surface area contributed by atoms with E-state index < -0.39 is 10.0 Å². The highest BCUT2D eigenvalue weighted by molar-refractivity contribution is 9.10. The second-order valence-corrected chi connectivity index (χ2v) is 6.62. The summed E-state index contributed by atoms with van der Waals surface area (Å²) < 4.78 is 22.9. The van der Waals surface area contributed by atoms with Gasteiger partial charge in [0.15, 0.2) is 0 Å². The minimum Gasteiger partial charge on any atom is -0.507 e. The lowest BCUT2D eigenvalue weighted by Crippen LogP contribution is -2.12. The monoisotopic (exact) mass is 356 g/mol. The lowest BCUT2D eigenvalue weighted by molar-refractivity contribution is 0.471. The van der Waals surface area contributed by atoms with Crippen molar-refractivity contribution in [1.29, 1.82) is 0 Å². The molecule has 106 valence electrons. The van der Waals surface area contributed by atoms with E-state index in [0.717, 1.165) is 11.3 Å². The van der Waals surface area contributed by atoms with Crippen molar-refractivity contribution in [3.8, 4) is 5.75 Å². The Kier molecular flexibility index (Phi) is 4.32. The Morgan fingerprint density at radius 3 is 2.35 bits per heavy atom. The smallest absolute Gasteiger partial charge is 0.238 e. The predicted octanol–water partition coefficient (Wildman–Crippen LogP) is 2.41. The highest BCUT2D eigenvalue weighted by Crippen LogP contribution is 2.24. The van der Waals surface area contributed by atoms with E-state index in [-0.39, 0.29) is 10.6 Å². The number of primary sulfonamides is 1. The molecule has 0 radical (unpaired) electrons. The summed E-state index contributed by atoms with van der Waals surface area (Å²) in [4.78, 5) is 0.0791. The number of sulfonamides is 1. The minimum absolute atomic E-state index is 0.0791. The topological polar surface area (TPSA) is 92.4 Å². The van der Waals surface area contributed by atoms with E-state index in [1.165, 1.54) is 12.1 Å². The fraction of sp³-hybridized carbons (Fsp3) is 0.0769. The van der Waals surface area contributed by atoms with Crippen LogP contribution in [0.25, 0.3) is 0 Å². The highest BCUT2D eigenvalue weighted by Gasteiger charge is 2.06. The van der Waals surface area contributed by atoms with Crippen molar-refractivity contribution >= 4 is 31.6 Å². The summed E-state index contributed by atoms with van der Waals surface area (Å²) in [6, 6.07) is 11.4. The first-order valence-electron chi connectivity index (χ1n) is 5.70. The second kappa shape index (κ2) is 5.82. The number of halogens is 1. The van der Waals surface area contributed by atoms with Gasteiger partial charge in [0, 0.05) is 12.2 Å². The van der Waals surface area contributed by atoms with Crippen LogP contribution in [0.15, 0.2) is 51.8 Å². The Balaban J connectivity index is 2.06. The van der Waals surface area contributed by atoms with E-state index in [0.29, 0.717) is 11.0 Å². The molecule has 0 fully saturated rings. The number of hydrogen-bond donors (Lipinski definition) is 3. The summed E-state index contributed by atoms with van der Waals surface area (Å²) >= 11 is 3.25. The lowest BCUT2D eigenvalue weighted by Gasteiger charge is -2.08. The first-order chi connectivity index (χ1) is 9.36. The third kappa shape index (κ3) is 3.72. The number of hydrogen-bond acceptors (Lipinski definition) is 4. The maximum Gasteiger partial charge on any atom is 0.238 e. The molecular formula is C13H13BrN2O3S. The molecule has 7 heteroatoms. The molecule has 2 aromatic rings. The van der Waals surface area contributed by atoms with Crippen molar-refractivity contribution in [3.63, 3.8) is 0 Å². The maximum absolute atomic E-state index is 11.1. The molecule has 2 rings (SSSR count). The second-order valence-electron chi connectivity index (χ2n) is 4.21. The molecule has 0 aliphatic rings. The van der Waals surface area contributed by atoms with Crippen LogP contribution in [0, 0.1) is 0 Å². The molecule has 20 heavy (non-hydrogen) atoms. The number of phenolic OH excluding ortho intramolecular Hbond substituents is 1. The fourth-order valence-corrected chi connectivity index (χ4v) is 2.57. The van der Waals surface area contributed by atoms with Gasteiger partial charge in [0.2, 0.25) is 10.0 Å². The third-order valence-corrected chi connectivity index (χ3v) is 4.26. The van der Waals surface area contributed by atoms with Crippen LogP contribution in [0.4, 0.5) is 5.69 Å². The number of nitrogens with two attached hydrogens (primary N) is 1. The van der Waals surface area contributed by atoms with Crippen LogP contribution in [-0.2, 0) is 16.6 Å². The van der Waals surface area contributed by atoms with E-state index in [2.05, 4.69) is 21.2 Å². The first kappa shape index (κ1) is 14.8. The average Bonchev–Trinajstić information content (AvgIpc) is 2.40. The number of phenols is 1. The van der Waals surface area contributed by atoms with Gasteiger partial charge in [-0.3, -0.25) is 0 Å². The van der Waals surface area contributed by atoms with Crippen LogP contribution < -0.4 is 10.5 Å². The van der Waals surface area contributed by atoms with Crippen molar-refractivity contribution in [2.45, 2.75) is 11.4 Å². The van der Waals surface area contributed by atoms with Crippen LogP contribution in [-0.4, -0.2) is 13.5 Å². The van der Waals surface area contributed by atoms with Gasteiger partial charge in [-0.1, -0.05) is 6.07 Å². The molecule has 0 saturated carbocycles. The van der Waals surface area contributed by atoms with Gasteiger partial charge < -0.3 is 10.4 Å². The summed E-state index contributed by atoms with van der Waals surface area (Å²) in [5.41, 5.74) is 1.76. The number of anilines is 1. The molecule has 2 aromatic carbocycles. The Bertz CT molecular complexity index is 715. The van der Waals surface area contributed by atoms with Crippen molar-refractivity contribution < 1.29 is 13.5 Å². The van der Waals surface area contributed by atoms with Crippen molar-refractivity contribution in [3.05, 3.63) is 52.5 Å². The van der Waals surface area contributed by atoms with Gasteiger partial charge in [-0.2, -0.15) is 0 Å². The normalized spacial score (nSPS) is 11.3. The van der Waals surface area contributed by atoms with Gasteiger partial charge in [0.25, 0.3) is 0 Å². The van der Waals surface area contributed by atoms with E-state index in [1.807, 2.05) is 0 Å². The summed E-state index contributed by atoms with van der Waals surface area (Å²) in [7, 11) is -3.66. The van der Waals surface area contributed by atoms with Gasteiger partial charge >= 0.3 is 0 Å². The van der Waals surface area contributed by atoms with Crippen molar-refractivity contribution in [2.75, 3.05) is 5.32 Å². The third-order valence-electron chi connectivity index (χ3n) is 2.69. The Labute approximate surface area is 125 Å². The quantitative estimate of drug-likeness (QED) is 0.784. The molecule has 0 aromatic heterocycles. The zero-order valence-electron chi connectivity index (χ0n) is 10.4. The molecular weight excluding hydrogens is 344 g/mol. The Morgan fingerprint density at radius 1 is 1.15 bits per heavy atom. The van der Waals surface area contributed by atoms with E-state index >= 15 is 0 Å². The highest BCUT2D eigenvalue weighted by atomic mass is 79.9. The van der Waals surface area contributed by atoms with Crippen LogP contribution in [0.5, 0.6) is 5.75 Å². The van der Waals surface area contributed by atoms with Gasteiger partial charge in [0.1, 0.15) is 5.75 Å². The van der Waals surface area contributed by atoms with Gasteiger partial charge in [0.05, 0.1) is 9.37 Å². The summed E-state index contributed by atoms with van der Waals surface area (Å²) in [5, 5.41) is 17.6. The number of aromatic hydroxyl groups is 1. The van der Waals surface area contributed by atoms with Crippen LogP contribution in [0.2, 0.25) is 0 Å². The van der Waals surface area contributed by atoms with Crippen LogP contribution in [0.1, 0.15) is 5.56 Å². The molecule has 0 atom stereocenters. The SMILES string of the molecule is NS(=O)(=O)c1ccc(NCc2ccc(O)c(Br)c2)cc1. The molecule has 0 heterocycles. The maximum atomic E-state index is 11.1. The van der Waals surface area contributed by atoms with E-state index in [4.69, 9.17) is 5.14 Å². The molecule has 0 spiro atoms. The molecule has 0 aliphatic heterocycles. The van der Waals surface area contributed by atoms with Gasteiger partial charge in [-0.25, -0.2) is 13.6 Å².